The number of benzene rings is 2. The molecule has 0 heterocycles. The van der Waals surface area contributed by atoms with Gasteiger partial charge in [-0.05, 0) is 61.1 Å². The first-order valence-electron chi connectivity index (χ1n) is 8.91. The molecule has 3 rings (SSSR count). The zero-order valence-corrected chi connectivity index (χ0v) is 15.2. The molecule has 1 aliphatic carbocycles. The highest BCUT2D eigenvalue weighted by Crippen LogP contribution is 2.32. The van der Waals surface area contributed by atoms with E-state index >= 15 is 0 Å². The van der Waals surface area contributed by atoms with Crippen molar-refractivity contribution in [2.45, 2.75) is 31.8 Å². The summed E-state index contributed by atoms with van der Waals surface area (Å²) in [6.45, 7) is 0. The van der Waals surface area contributed by atoms with E-state index in [0.29, 0.717) is 5.56 Å². The van der Waals surface area contributed by atoms with Crippen LogP contribution in [0.4, 0.5) is 0 Å². The second kappa shape index (κ2) is 8.56. The minimum absolute atomic E-state index is 0.286. The zero-order chi connectivity index (χ0) is 18.4. The topological polar surface area (TPSA) is 44.8 Å². The van der Waals surface area contributed by atoms with Gasteiger partial charge in [0.15, 0.2) is 11.5 Å². The van der Waals surface area contributed by atoms with Crippen molar-refractivity contribution in [3.05, 3.63) is 59.2 Å². The highest BCUT2D eigenvalue weighted by Gasteiger charge is 2.18. The molecule has 1 saturated carbocycles. The SMILES string of the molecule is COC(=O)c1ccc(/C=C/c2ccc(OC)c(OC3CCCC3)c2)cc1. The van der Waals surface area contributed by atoms with E-state index in [4.69, 9.17) is 14.2 Å². The molecule has 4 nitrogen and oxygen atoms in total. The van der Waals surface area contributed by atoms with Crippen LogP contribution in [0.3, 0.4) is 0 Å². The molecule has 0 aliphatic heterocycles. The molecule has 0 radical (unpaired) electrons. The van der Waals surface area contributed by atoms with Gasteiger partial charge in [-0.25, -0.2) is 4.79 Å². The van der Waals surface area contributed by atoms with Crippen molar-refractivity contribution in [3.8, 4) is 11.5 Å². The number of carbonyl (C=O) groups is 1. The van der Waals surface area contributed by atoms with Gasteiger partial charge in [0.05, 0.1) is 25.9 Å². The van der Waals surface area contributed by atoms with Crippen molar-refractivity contribution in [2.24, 2.45) is 0 Å². The molecule has 0 atom stereocenters. The maximum absolute atomic E-state index is 11.5. The van der Waals surface area contributed by atoms with Crippen LogP contribution in [0.15, 0.2) is 42.5 Å². The molecule has 0 aromatic heterocycles. The van der Waals surface area contributed by atoms with Gasteiger partial charge in [0.1, 0.15) is 0 Å². The average molecular weight is 352 g/mol. The van der Waals surface area contributed by atoms with Crippen LogP contribution >= 0.6 is 0 Å². The van der Waals surface area contributed by atoms with E-state index in [-0.39, 0.29) is 12.1 Å². The van der Waals surface area contributed by atoms with Gasteiger partial charge in [-0.3, -0.25) is 0 Å². The second-order valence-electron chi connectivity index (χ2n) is 6.38. The first-order chi connectivity index (χ1) is 12.7. The molecule has 136 valence electrons. The Morgan fingerprint density at radius 2 is 1.58 bits per heavy atom. The molecular weight excluding hydrogens is 328 g/mol. The predicted molar refractivity (Wildman–Crippen MR) is 103 cm³/mol. The van der Waals surface area contributed by atoms with Gasteiger partial charge in [-0.2, -0.15) is 0 Å². The molecule has 1 fully saturated rings. The normalized spacial score (nSPS) is 14.5. The quantitative estimate of drug-likeness (QED) is 0.544. The number of hydrogen-bond donors (Lipinski definition) is 0. The number of carbonyl (C=O) groups excluding carboxylic acids is 1. The second-order valence-corrected chi connectivity index (χ2v) is 6.38. The van der Waals surface area contributed by atoms with Crippen LogP contribution in [-0.2, 0) is 4.74 Å². The summed E-state index contributed by atoms with van der Waals surface area (Å²) in [5, 5.41) is 0. The van der Waals surface area contributed by atoms with Gasteiger partial charge in [0.25, 0.3) is 0 Å². The molecule has 0 unspecified atom stereocenters. The molecular formula is C22H24O4. The van der Waals surface area contributed by atoms with Crippen molar-refractivity contribution >= 4 is 18.1 Å². The minimum Gasteiger partial charge on any atom is -0.493 e. The summed E-state index contributed by atoms with van der Waals surface area (Å²) < 4.78 is 16.3. The van der Waals surface area contributed by atoms with Crippen molar-refractivity contribution < 1.29 is 19.0 Å². The average Bonchev–Trinajstić information content (AvgIpc) is 3.19. The first-order valence-corrected chi connectivity index (χ1v) is 8.91. The third-order valence-electron chi connectivity index (χ3n) is 4.58. The molecule has 0 N–H and O–H groups in total. The van der Waals surface area contributed by atoms with Crippen molar-refractivity contribution in [3.63, 3.8) is 0 Å². The number of esters is 1. The Morgan fingerprint density at radius 3 is 2.23 bits per heavy atom. The molecule has 0 spiro atoms. The lowest BCUT2D eigenvalue weighted by Crippen LogP contribution is -2.11. The zero-order valence-electron chi connectivity index (χ0n) is 15.2. The van der Waals surface area contributed by atoms with Crippen LogP contribution in [0.2, 0.25) is 0 Å². The summed E-state index contributed by atoms with van der Waals surface area (Å²) in [4.78, 5) is 11.5. The Kier molecular flexibility index (Phi) is 5.95. The van der Waals surface area contributed by atoms with Crippen molar-refractivity contribution in [1.82, 2.24) is 0 Å². The predicted octanol–water partition coefficient (Wildman–Crippen LogP) is 4.97. The fourth-order valence-corrected chi connectivity index (χ4v) is 3.12. The van der Waals surface area contributed by atoms with E-state index in [0.717, 1.165) is 35.5 Å². The van der Waals surface area contributed by atoms with E-state index in [1.807, 2.05) is 42.5 Å². The summed E-state index contributed by atoms with van der Waals surface area (Å²) in [6, 6.07) is 13.2. The molecule has 0 bridgehead atoms. The number of methoxy groups -OCH3 is 2. The molecule has 2 aromatic rings. The molecule has 26 heavy (non-hydrogen) atoms. The molecule has 2 aromatic carbocycles. The Balaban J connectivity index is 1.74. The largest absolute Gasteiger partial charge is 0.493 e. The van der Waals surface area contributed by atoms with Gasteiger partial charge in [-0.1, -0.05) is 30.4 Å². The Morgan fingerprint density at radius 1 is 0.923 bits per heavy atom. The fraction of sp³-hybridized carbons (Fsp3) is 0.318. The van der Waals surface area contributed by atoms with E-state index in [2.05, 4.69) is 0 Å². The highest BCUT2D eigenvalue weighted by atomic mass is 16.5. The maximum atomic E-state index is 11.5. The summed E-state index contributed by atoms with van der Waals surface area (Å²) in [7, 11) is 3.04. The molecule has 0 amide bonds. The van der Waals surface area contributed by atoms with Crippen LogP contribution in [-0.4, -0.2) is 26.3 Å². The van der Waals surface area contributed by atoms with Crippen molar-refractivity contribution in [1.29, 1.82) is 0 Å². The van der Waals surface area contributed by atoms with E-state index in [1.165, 1.54) is 20.0 Å². The molecule has 0 saturated heterocycles. The van der Waals surface area contributed by atoms with E-state index in [1.54, 1.807) is 19.2 Å². The van der Waals surface area contributed by atoms with Gasteiger partial charge < -0.3 is 14.2 Å². The van der Waals surface area contributed by atoms with Crippen molar-refractivity contribution in [2.75, 3.05) is 14.2 Å². The Hall–Kier alpha value is -2.75. The van der Waals surface area contributed by atoms with Crippen LogP contribution in [0.1, 0.15) is 47.2 Å². The number of rotatable bonds is 6. The fourth-order valence-electron chi connectivity index (χ4n) is 3.12. The van der Waals surface area contributed by atoms with Gasteiger partial charge in [-0.15, -0.1) is 0 Å². The third kappa shape index (κ3) is 4.45. The van der Waals surface area contributed by atoms with Crippen LogP contribution in [0, 0.1) is 0 Å². The third-order valence-corrected chi connectivity index (χ3v) is 4.58. The Labute approximate surface area is 154 Å². The molecule has 4 heteroatoms. The highest BCUT2D eigenvalue weighted by molar-refractivity contribution is 5.89. The summed E-state index contributed by atoms with van der Waals surface area (Å²) in [5.74, 6) is 1.23. The van der Waals surface area contributed by atoms with Gasteiger partial charge in [0.2, 0.25) is 0 Å². The van der Waals surface area contributed by atoms with E-state index < -0.39 is 0 Å². The van der Waals surface area contributed by atoms with Crippen LogP contribution < -0.4 is 9.47 Å². The summed E-state index contributed by atoms with van der Waals surface area (Å²) >= 11 is 0. The summed E-state index contributed by atoms with van der Waals surface area (Å²) in [6.07, 6.45) is 8.98. The lowest BCUT2D eigenvalue weighted by atomic mass is 10.1. The van der Waals surface area contributed by atoms with Crippen LogP contribution in [0.5, 0.6) is 11.5 Å². The standard InChI is InChI=1S/C22H24O4/c1-24-20-14-11-17(15-21(20)26-19-5-3-4-6-19)8-7-16-9-12-18(13-10-16)22(23)25-2/h7-15,19H,3-6H2,1-2H3/b8-7+. The number of hydrogen-bond acceptors (Lipinski definition) is 4. The smallest absolute Gasteiger partial charge is 0.337 e. The summed E-state index contributed by atoms with van der Waals surface area (Å²) in [5.41, 5.74) is 2.59. The molecule has 1 aliphatic rings. The van der Waals surface area contributed by atoms with E-state index in [9.17, 15) is 4.79 Å². The van der Waals surface area contributed by atoms with Gasteiger partial charge in [0, 0.05) is 0 Å². The minimum atomic E-state index is -0.329. The maximum Gasteiger partial charge on any atom is 0.337 e. The lowest BCUT2D eigenvalue weighted by molar-refractivity contribution is 0.0600. The van der Waals surface area contributed by atoms with Crippen LogP contribution in [0.25, 0.3) is 12.2 Å². The Bertz CT molecular complexity index is 771. The monoisotopic (exact) mass is 352 g/mol. The number of ether oxygens (including phenoxy) is 3. The van der Waals surface area contributed by atoms with Gasteiger partial charge >= 0.3 is 5.97 Å². The first kappa shape index (κ1) is 18.1. The lowest BCUT2D eigenvalue weighted by Gasteiger charge is -2.16.